The van der Waals surface area contributed by atoms with Gasteiger partial charge in [0.2, 0.25) is 5.90 Å². The molecule has 0 unspecified atom stereocenters. The van der Waals surface area contributed by atoms with E-state index in [0.717, 1.165) is 0 Å². The molecule has 1 fully saturated rings. The number of hydrogen-bond donors (Lipinski definition) is 1. The standard InChI is InChI=1S/C17H14FN3O5/c18-12-2-1-11(10-3-8-25-14(10)12)15-19-13(16(22)26-15)9-20-4-6-21(7-5-20)17(23)24/h1-3,8-9H,4-7H2,(H,23,24). The van der Waals surface area contributed by atoms with E-state index in [0.29, 0.717) is 37.1 Å². The van der Waals surface area contributed by atoms with Crippen molar-refractivity contribution in [2.75, 3.05) is 26.2 Å². The van der Waals surface area contributed by atoms with Crippen LogP contribution in [0.1, 0.15) is 5.56 Å². The predicted octanol–water partition coefficient (Wildman–Crippen LogP) is 2.01. The fraction of sp³-hybridized carbons (Fsp3) is 0.235. The van der Waals surface area contributed by atoms with Crippen molar-refractivity contribution in [2.24, 2.45) is 4.99 Å². The van der Waals surface area contributed by atoms with Crippen LogP contribution in [-0.4, -0.2) is 59.0 Å². The van der Waals surface area contributed by atoms with Crippen molar-refractivity contribution in [3.05, 3.63) is 47.7 Å². The number of carbonyl (C=O) groups excluding carboxylic acids is 1. The number of piperazine rings is 1. The first kappa shape index (κ1) is 16.1. The van der Waals surface area contributed by atoms with Crippen LogP contribution in [0.25, 0.3) is 11.0 Å². The Balaban J connectivity index is 1.59. The zero-order valence-electron chi connectivity index (χ0n) is 13.5. The minimum atomic E-state index is -0.960. The molecule has 2 aromatic rings. The average Bonchev–Trinajstić information content (AvgIpc) is 3.24. The Hall–Kier alpha value is -3.36. The van der Waals surface area contributed by atoms with Crippen molar-refractivity contribution in [2.45, 2.75) is 0 Å². The quantitative estimate of drug-likeness (QED) is 0.651. The largest absolute Gasteiger partial charge is 0.465 e. The second-order valence-electron chi connectivity index (χ2n) is 5.88. The predicted molar refractivity (Wildman–Crippen MR) is 88.1 cm³/mol. The highest BCUT2D eigenvalue weighted by atomic mass is 19.1. The average molecular weight is 359 g/mol. The molecule has 0 bridgehead atoms. The summed E-state index contributed by atoms with van der Waals surface area (Å²) in [7, 11) is 0. The number of cyclic esters (lactones) is 1. The van der Waals surface area contributed by atoms with Crippen LogP contribution < -0.4 is 0 Å². The van der Waals surface area contributed by atoms with Crippen molar-refractivity contribution >= 4 is 28.9 Å². The molecule has 8 nitrogen and oxygen atoms in total. The molecule has 0 atom stereocenters. The molecule has 1 N–H and O–H groups in total. The van der Waals surface area contributed by atoms with Crippen molar-refractivity contribution in [1.29, 1.82) is 0 Å². The van der Waals surface area contributed by atoms with Gasteiger partial charge in [-0.15, -0.1) is 0 Å². The third-order valence-corrected chi connectivity index (χ3v) is 4.31. The van der Waals surface area contributed by atoms with E-state index in [1.165, 1.54) is 23.3 Å². The first-order valence-corrected chi connectivity index (χ1v) is 7.93. The molecule has 1 aromatic heterocycles. The molecule has 9 heteroatoms. The Bertz CT molecular complexity index is 956. The Kier molecular flexibility index (Phi) is 3.83. The van der Waals surface area contributed by atoms with Crippen LogP contribution in [0.2, 0.25) is 0 Å². The molecule has 1 aromatic carbocycles. The topological polar surface area (TPSA) is 95.6 Å². The van der Waals surface area contributed by atoms with E-state index < -0.39 is 17.9 Å². The summed E-state index contributed by atoms with van der Waals surface area (Å²) in [6.07, 6.45) is 1.95. The summed E-state index contributed by atoms with van der Waals surface area (Å²) in [6.45, 7) is 1.60. The SMILES string of the molecule is O=C1OC(c2ccc(F)c3occc23)=NC1=CN1CCN(C(=O)O)CC1. The highest BCUT2D eigenvalue weighted by Crippen LogP contribution is 2.27. The number of fused-ring (bicyclic) bond motifs is 1. The lowest BCUT2D eigenvalue weighted by atomic mass is 10.1. The van der Waals surface area contributed by atoms with E-state index in [1.54, 1.807) is 12.3 Å². The number of carbonyl (C=O) groups is 2. The van der Waals surface area contributed by atoms with Gasteiger partial charge in [-0.2, -0.15) is 0 Å². The second-order valence-corrected chi connectivity index (χ2v) is 5.88. The summed E-state index contributed by atoms with van der Waals surface area (Å²) in [6, 6.07) is 4.29. The minimum Gasteiger partial charge on any atom is -0.465 e. The monoisotopic (exact) mass is 359 g/mol. The molecule has 3 heterocycles. The molecule has 134 valence electrons. The van der Waals surface area contributed by atoms with Crippen LogP contribution >= 0.6 is 0 Å². The van der Waals surface area contributed by atoms with Crippen LogP contribution in [0.3, 0.4) is 0 Å². The first-order chi connectivity index (χ1) is 12.5. The number of nitrogens with zero attached hydrogens (tertiary/aromatic N) is 3. The van der Waals surface area contributed by atoms with Gasteiger partial charge < -0.3 is 24.1 Å². The lowest BCUT2D eigenvalue weighted by molar-refractivity contribution is -0.130. The van der Waals surface area contributed by atoms with E-state index in [1.807, 2.05) is 4.90 Å². The molecule has 0 aliphatic carbocycles. The molecule has 0 saturated carbocycles. The number of esters is 1. The number of aliphatic imine (C=N–C) groups is 1. The number of rotatable bonds is 2. The van der Waals surface area contributed by atoms with E-state index in [9.17, 15) is 14.0 Å². The molecule has 26 heavy (non-hydrogen) atoms. The third kappa shape index (κ3) is 2.77. The Morgan fingerprint density at radius 3 is 2.73 bits per heavy atom. The number of furan rings is 1. The molecular weight excluding hydrogens is 345 g/mol. The van der Waals surface area contributed by atoms with Crippen molar-refractivity contribution in [3.8, 4) is 0 Å². The Morgan fingerprint density at radius 1 is 1.23 bits per heavy atom. The van der Waals surface area contributed by atoms with Gasteiger partial charge in [-0.3, -0.25) is 0 Å². The van der Waals surface area contributed by atoms with Crippen LogP contribution in [-0.2, 0) is 9.53 Å². The first-order valence-electron chi connectivity index (χ1n) is 7.93. The van der Waals surface area contributed by atoms with Crippen molar-refractivity contribution in [3.63, 3.8) is 0 Å². The fourth-order valence-corrected chi connectivity index (χ4v) is 2.94. The van der Waals surface area contributed by atoms with Gasteiger partial charge in [0.05, 0.1) is 6.26 Å². The van der Waals surface area contributed by atoms with E-state index in [-0.39, 0.29) is 17.2 Å². The smallest absolute Gasteiger partial charge is 0.407 e. The van der Waals surface area contributed by atoms with Gasteiger partial charge in [0.25, 0.3) is 0 Å². The molecule has 0 spiro atoms. The Labute approximate surface area is 146 Å². The maximum Gasteiger partial charge on any atom is 0.407 e. The fourth-order valence-electron chi connectivity index (χ4n) is 2.94. The summed E-state index contributed by atoms with van der Waals surface area (Å²) in [5, 5.41) is 9.43. The molecule has 1 amide bonds. The summed E-state index contributed by atoms with van der Waals surface area (Å²) in [5.41, 5.74) is 0.649. The minimum absolute atomic E-state index is 0.0727. The lowest BCUT2D eigenvalue weighted by Crippen LogP contribution is -2.46. The van der Waals surface area contributed by atoms with E-state index in [4.69, 9.17) is 14.3 Å². The third-order valence-electron chi connectivity index (χ3n) is 4.31. The summed E-state index contributed by atoms with van der Waals surface area (Å²) < 4.78 is 24.1. The molecular formula is C17H14FN3O5. The number of ether oxygens (including phenoxy) is 1. The molecule has 2 aliphatic rings. The highest BCUT2D eigenvalue weighted by Gasteiger charge is 2.28. The van der Waals surface area contributed by atoms with Crippen LogP contribution in [0.4, 0.5) is 9.18 Å². The van der Waals surface area contributed by atoms with Gasteiger partial charge >= 0.3 is 12.1 Å². The molecule has 1 saturated heterocycles. The zero-order valence-corrected chi connectivity index (χ0v) is 13.5. The number of benzene rings is 1. The van der Waals surface area contributed by atoms with E-state index in [2.05, 4.69) is 4.99 Å². The highest BCUT2D eigenvalue weighted by molar-refractivity contribution is 6.15. The second kappa shape index (κ2) is 6.17. The lowest BCUT2D eigenvalue weighted by Gasteiger charge is -2.32. The van der Waals surface area contributed by atoms with Gasteiger partial charge in [0.15, 0.2) is 17.1 Å². The number of hydrogen-bond acceptors (Lipinski definition) is 6. The van der Waals surface area contributed by atoms with E-state index >= 15 is 0 Å². The maximum atomic E-state index is 13.7. The van der Waals surface area contributed by atoms with Gasteiger partial charge in [-0.1, -0.05) is 0 Å². The molecule has 4 rings (SSSR count). The van der Waals surface area contributed by atoms with Gasteiger partial charge in [0.1, 0.15) is 0 Å². The normalized spacial score (nSPS) is 19.2. The Morgan fingerprint density at radius 2 is 2.00 bits per heavy atom. The number of amides is 1. The summed E-state index contributed by atoms with van der Waals surface area (Å²) in [5.74, 6) is -1.04. The van der Waals surface area contributed by atoms with Gasteiger partial charge in [-0.05, 0) is 18.2 Å². The van der Waals surface area contributed by atoms with Gasteiger partial charge in [-0.25, -0.2) is 19.0 Å². The van der Waals surface area contributed by atoms with Gasteiger partial charge in [0, 0.05) is 43.3 Å². The van der Waals surface area contributed by atoms with Crippen LogP contribution in [0.15, 0.2) is 45.8 Å². The van der Waals surface area contributed by atoms with Crippen molar-refractivity contribution in [1.82, 2.24) is 9.80 Å². The molecule has 2 aliphatic heterocycles. The summed E-state index contributed by atoms with van der Waals surface area (Å²) in [4.78, 5) is 30.4. The zero-order chi connectivity index (χ0) is 18.3. The number of halogens is 1. The van der Waals surface area contributed by atoms with Crippen LogP contribution in [0, 0.1) is 5.82 Å². The number of carboxylic acid groups (broad SMARTS) is 1. The van der Waals surface area contributed by atoms with Crippen LogP contribution in [0.5, 0.6) is 0 Å². The molecule has 0 radical (unpaired) electrons. The van der Waals surface area contributed by atoms with Crippen molar-refractivity contribution < 1.29 is 28.2 Å². The summed E-state index contributed by atoms with van der Waals surface area (Å²) >= 11 is 0. The maximum absolute atomic E-state index is 13.7.